The molecule has 0 aliphatic heterocycles. The van der Waals surface area contributed by atoms with E-state index in [2.05, 4.69) is 13.2 Å². The van der Waals surface area contributed by atoms with Crippen LogP contribution < -0.4 is 9.47 Å². The van der Waals surface area contributed by atoms with Gasteiger partial charge in [0.25, 0.3) is 0 Å². The Hall–Kier alpha value is -3.88. The van der Waals surface area contributed by atoms with Crippen LogP contribution in [-0.4, -0.2) is 63.8 Å². The van der Waals surface area contributed by atoms with Crippen LogP contribution >= 0.6 is 0 Å². The summed E-state index contributed by atoms with van der Waals surface area (Å²) < 4.78 is 35.5. The molecule has 2 atom stereocenters. The molecule has 0 radical (unpaired) electrons. The van der Waals surface area contributed by atoms with Crippen molar-refractivity contribution in [2.24, 2.45) is 0 Å². The van der Waals surface area contributed by atoms with Gasteiger partial charge >= 0.3 is 11.9 Å². The molecule has 0 N–H and O–H groups in total. The molecule has 0 fully saturated rings. The van der Waals surface area contributed by atoms with Crippen LogP contribution in [0.4, 0.5) is 0 Å². The highest BCUT2D eigenvalue weighted by Gasteiger charge is 2.22. The van der Waals surface area contributed by atoms with Crippen molar-refractivity contribution in [1.82, 2.24) is 0 Å². The van der Waals surface area contributed by atoms with Gasteiger partial charge in [-0.1, -0.05) is 80.1 Å². The molecule has 0 saturated heterocycles. The summed E-state index contributed by atoms with van der Waals surface area (Å²) in [6.07, 6.45) is -0.702. The van der Waals surface area contributed by atoms with Crippen LogP contribution in [0.1, 0.15) is 46.1 Å². The van der Waals surface area contributed by atoms with Crippen molar-refractivity contribution >= 4 is 33.5 Å². The molecule has 2 unspecified atom stereocenters. The van der Waals surface area contributed by atoms with Crippen molar-refractivity contribution in [3.8, 4) is 11.5 Å². The lowest BCUT2D eigenvalue weighted by Gasteiger charge is -2.23. The number of esters is 2. The molecule has 8 nitrogen and oxygen atoms in total. The molecule has 0 spiro atoms. The van der Waals surface area contributed by atoms with Crippen LogP contribution in [0, 0.1) is 6.92 Å². The molecule has 3 rings (SSSR count). The number of ether oxygens (including phenoxy) is 6. The van der Waals surface area contributed by atoms with E-state index in [1.54, 1.807) is 13.8 Å². The Bertz CT molecular complexity index is 1430. The summed E-state index contributed by atoms with van der Waals surface area (Å²) in [5.74, 6) is 0.645. The van der Waals surface area contributed by atoms with Crippen LogP contribution in [0.5, 0.6) is 11.5 Å². The van der Waals surface area contributed by atoms with Crippen molar-refractivity contribution in [2.45, 2.75) is 59.7 Å². The summed E-state index contributed by atoms with van der Waals surface area (Å²) in [7, 11) is 0. The minimum Gasteiger partial charge on any atom is -0.488 e. The van der Waals surface area contributed by atoms with E-state index in [0.717, 1.165) is 38.3 Å². The fraction of sp³-hybridized carbons (Fsp3) is 0.429. The molecule has 0 amide bonds. The standard InChI is InChI=1S/C35H44O8/c1-8-32(36)42-26(19-38-17-23(3)4)21-40-34-28-12-10-11-13-29(28)35(31-16-25(7)14-15-30(31)34)41-22-27(43-33(37)9-2)20-39-18-24(5)6/h10-16,26-27H,3,5,8-9,17-22H2,1-2,4,6-7H3. The van der Waals surface area contributed by atoms with E-state index in [1.807, 2.05) is 63.2 Å². The minimum absolute atomic E-state index is 0.101. The maximum absolute atomic E-state index is 12.1. The highest BCUT2D eigenvalue weighted by molar-refractivity contribution is 6.11. The lowest BCUT2D eigenvalue weighted by Crippen LogP contribution is -2.30. The topological polar surface area (TPSA) is 89.5 Å². The molecule has 0 aliphatic carbocycles. The van der Waals surface area contributed by atoms with Crippen molar-refractivity contribution in [3.63, 3.8) is 0 Å². The second-order valence-electron chi connectivity index (χ2n) is 10.8. The van der Waals surface area contributed by atoms with Crippen LogP contribution in [0.15, 0.2) is 66.8 Å². The molecule has 43 heavy (non-hydrogen) atoms. The average Bonchev–Trinajstić information content (AvgIpc) is 2.97. The van der Waals surface area contributed by atoms with E-state index >= 15 is 0 Å². The maximum Gasteiger partial charge on any atom is 0.305 e. The smallest absolute Gasteiger partial charge is 0.305 e. The van der Waals surface area contributed by atoms with E-state index < -0.39 is 12.2 Å². The highest BCUT2D eigenvalue weighted by atomic mass is 16.6. The first-order valence-corrected chi connectivity index (χ1v) is 14.7. The zero-order chi connectivity index (χ0) is 31.4. The third-order valence-corrected chi connectivity index (χ3v) is 6.39. The summed E-state index contributed by atoms with van der Waals surface area (Å²) >= 11 is 0. The molecule has 0 bridgehead atoms. The van der Waals surface area contributed by atoms with Crippen LogP contribution in [-0.2, 0) is 28.5 Å². The van der Waals surface area contributed by atoms with Gasteiger partial charge < -0.3 is 28.4 Å². The van der Waals surface area contributed by atoms with Gasteiger partial charge in [-0.25, -0.2) is 0 Å². The second kappa shape index (κ2) is 16.7. The van der Waals surface area contributed by atoms with Gasteiger partial charge in [0, 0.05) is 34.4 Å². The van der Waals surface area contributed by atoms with E-state index in [-0.39, 0.29) is 51.2 Å². The summed E-state index contributed by atoms with van der Waals surface area (Å²) in [4.78, 5) is 24.3. The predicted octanol–water partition coefficient (Wildman–Crippen LogP) is 6.89. The maximum atomic E-state index is 12.1. The average molecular weight is 593 g/mol. The molecule has 3 aromatic rings. The molecule has 0 aliphatic rings. The second-order valence-corrected chi connectivity index (χ2v) is 10.8. The highest BCUT2D eigenvalue weighted by Crippen LogP contribution is 2.43. The lowest BCUT2D eigenvalue weighted by atomic mass is 9.99. The molecule has 3 aromatic carbocycles. The van der Waals surface area contributed by atoms with Gasteiger partial charge in [0.2, 0.25) is 0 Å². The van der Waals surface area contributed by atoms with Crippen molar-refractivity contribution < 1.29 is 38.0 Å². The van der Waals surface area contributed by atoms with Crippen LogP contribution in [0.3, 0.4) is 0 Å². The fourth-order valence-electron chi connectivity index (χ4n) is 4.38. The largest absolute Gasteiger partial charge is 0.488 e. The van der Waals surface area contributed by atoms with E-state index in [9.17, 15) is 9.59 Å². The van der Waals surface area contributed by atoms with E-state index in [1.165, 1.54) is 0 Å². The number of fused-ring (bicyclic) bond motifs is 2. The van der Waals surface area contributed by atoms with Crippen molar-refractivity contribution in [3.05, 3.63) is 72.3 Å². The SMILES string of the molecule is C=C(C)COCC(COc1c2ccccc2c(OCC(COCC(=C)C)OC(=O)CC)c2cc(C)ccc12)OC(=O)CC. The Balaban J connectivity index is 1.97. The zero-order valence-electron chi connectivity index (χ0n) is 26.0. The molecular formula is C35H44O8. The molecule has 0 aromatic heterocycles. The normalized spacial score (nSPS) is 12.5. The summed E-state index contributed by atoms with van der Waals surface area (Å²) in [5, 5.41) is 3.35. The number of aryl methyl sites for hydroxylation is 1. The van der Waals surface area contributed by atoms with Gasteiger partial charge in [-0.05, 0) is 26.8 Å². The Morgan fingerprint density at radius 1 is 0.674 bits per heavy atom. The number of carbonyl (C=O) groups excluding carboxylic acids is 2. The number of benzene rings is 3. The van der Waals surface area contributed by atoms with Crippen LogP contribution in [0.25, 0.3) is 21.5 Å². The summed E-state index contributed by atoms with van der Waals surface area (Å²) in [6.45, 7) is 18.3. The first kappa shape index (κ1) is 33.6. The Labute approximate surface area is 254 Å². The molecule has 8 heteroatoms. The van der Waals surface area contributed by atoms with Gasteiger partial charge in [-0.2, -0.15) is 0 Å². The Morgan fingerprint density at radius 2 is 1.12 bits per heavy atom. The number of rotatable bonds is 18. The zero-order valence-corrected chi connectivity index (χ0v) is 26.0. The van der Waals surface area contributed by atoms with Gasteiger partial charge in [0.15, 0.2) is 12.2 Å². The Morgan fingerprint density at radius 3 is 1.56 bits per heavy atom. The third-order valence-electron chi connectivity index (χ3n) is 6.39. The molecule has 232 valence electrons. The molecule has 0 saturated carbocycles. The van der Waals surface area contributed by atoms with Gasteiger partial charge in [-0.3, -0.25) is 9.59 Å². The number of hydrogen-bond acceptors (Lipinski definition) is 8. The number of carbonyl (C=O) groups is 2. The van der Waals surface area contributed by atoms with E-state index in [0.29, 0.717) is 24.7 Å². The first-order valence-electron chi connectivity index (χ1n) is 14.7. The summed E-state index contributed by atoms with van der Waals surface area (Å²) in [6, 6.07) is 13.8. The quantitative estimate of drug-likeness (QED) is 0.0897. The van der Waals surface area contributed by atoms with Crippen molar-refractivity contribution in [1.29, 1.82) is 0 Å². The fourth-order valence-corrected chi connectivity index (χ4v) is 4.38. The monoisotopic (exact) mass is 592 g/mol. The third kappa shape index (κ3) is 10.1. The molecule has 0 heterocycles. The minimum atomic E-state index is -0.602. The Kier molecular flexibility index (Phi) is 13.0. The number of hydrogen-bond donors (Lipinski definition) is 0. The van der Waals surface area contributed by atoms with Crippen molar-refractivity contribution in [2.75, 3.05) is 39.6 Å². The van der Waals surface area contributed by atoms with Gasteiger partial charge in [0.1, 0.15) is 24.7 Å². The molecular weight excluding hydrogens is 548 g/mol. The van der Waals surface area contributed by atoms with Crippen LogP contribution in [0.2, 0.25) is 0 Å². The summed E-state index contributed by atoms with van der Waals surface area (Å²) in [5.41, 5.74) is 2.79. The van der Waals surface area contributed by atoms with Gasteiger partial charge in [0.05, 0.1) is 26.4 Å². The lowest BCUT2D eigenvalue weighted by molar-refractivity contribution is -0.154. The predicted molar refractivity (Wildman–Crippen MR) is 169 cm³/mol. The van der Waals surface area contributed by atoms with E-state index in [4.69, 9.17) is 28.4 Å². The van der Waals surface area contributed by atoms with Gasteiger partial charge in [-0.15, -0.1) is 0 Å². The first-order chi connectivity index (χ1) is 20.6.